The molecule has 226 valence electrons. The summed E-state index contributed by atoms with van der Waals surface area (Å²) in [4.78, 5) is 36.6. The van der Waals surface area contributed by atoms with Gasteiger partial charge in [-0.3, -0.25) is 19.1 Å². The van der Waals surface area contributed by atoms with E-state index in [2.05, 4.69) is 22.5 Å². The van der Waals surface area contributed by atoms with Crippen molar-refractivity contribution in [3.63, 3.8) is 0 Å². The van der Waals surface area contributed by atoms with E-state index in [1.54, 1.807) is 9.80 Å². The Balaban J connectivity index is 1.78. The summed E-state index contributed by atoms with van der Waals surface area (Å²) in [7, 11) is 0. The van der Waals surface area contributed by atoms with Crippen LogP contribution < -0.4 is 16.2 Å². The summed E-state index contributed by atoms with van der Waals surface area (Å²) in [6, 6.07) is 4.02. The Hall–Kier alpha value is -3.72. The van der Waals surface area contributed by atoms with Gasteiger partial charge >= 0.3 is 0 Å². The molecular weight excluding hydrogens is 599 g/mol. The summed E-state index contributed by atoms with van der Waals surface area (Å²) in [6.07, 6.45) is 3.00. The van der Waals surface area contributed by atoms with E-state index in [1.807, 2.05) is 13.8 Å². The van der Waals surface area contributed by atoms with Crippen LogP contribution in [0.25, 0.3) is 22.3 Å². The van der Waals surface area contributed by atoms with Crippen LogP contribution in [-0.4, -0.2) is 70.1 Å². The molecule has 1 aromatic carbocycles. The molecule has 9 nitrogen and oxygen atoms in total. The van der Waals surface area contributed by atoms with Crippen LogP contribution in [-0.2, 0) is 11.3 Å². The van der Waals surface area contributed by atoms with Crippen LogP contribution in [0, 0.1) is 23.0 Å². The number of anilines is 2. The van der Waals surface area contributed by atoms with Crippen molar-refractivity contribution in [2.75, 3.05) is 43.4 Å². The maximum absolute atomic E-state index is 16.0. The van der Waals surface area contributed by atoms with E-state index >= 15 is 8.78 Å². The number of halogens is 4. The first-order valence-electron chi connectivity index (χ1n) is 14.0. The highest BCUT2D eigenvalue weighted by Gasteiger charge is 2.33. The van der Waals surface area contributed by atoms with Crippen LogP contribution >= 0.6 is 23.2 Å². The molecule has 2 saturated heterocycles. The molecule has 2 N–H and O–H groups in total. The highest BCUT2D eigenvalue weighted by Crippen LogP contribution is 2.40. The summed E-state index contributed by atoms with van der Waals surface area (Å²) in [5, 5.41) is 10.0. The Morgan fingerprint density at radius 2 is 2.00 bits per heavy atom. The number of fused-ring (bicyclic) bond motifs is 1. The molecular formula is C30H31Cl2F2N7O2. The molecule has 2 unspecified atom stereocenters. The van der Waals surface area contributed by atoms with Gasteiger partial charge < -0.3 is 15.5 Å². The number of nitrogen functional groups attached to an aromatic ring is 1. The first-order chi connectivity index (χ1) is 20.5. The van der Waals surface area contributed by atoms with Gasteiger partial charge in [0.2, 0.25) is 5.91 Å². The van der Waals surface area contributed by atoms with Gasteiger partial charge in [-0.2, -0.15) is 5.26 Å². The van der Waals surface area contributed by atoms with Gasteiger partial charge in [-0.05, 0) is 51.1 Å². The number of piperazine rings is 1. The lowest BCUT2D eigenvalue weighted by Gasteiger charge is -2.41. The van der Waals surface area contributed by atoms with E-state index in [1.165, 1.54) is 10.6 Å². The molecule has 5 rings (SSSR count). The molecule has 2 aromatic heterocycles. The minimum atomic E-state index is -0.998. The van der Waals surface area contributed by atoms with Crippen LogP contribution in [0.5, 0.6) is 0 Å². The second-order valence-electron chi connectivity index (χ2n) is 10.8. The molecule has 0 bridgehead atoms. The fraction of sp³-hybridized carbons (Fsp3) is 0.400. The molecule has 43 heavy (non-hydrogen) atoms. The van der Waals surface area contributed by atoms with E-state index in [0.29, 0.717) is 6.54 Å². The number of likely N-dealkylation sites (tertiary alicyclic amines) is 1. The predicted octanol–water partition coefficient (Wildman–Crippen LogP) is 4.81. The molecule has 0 radical (unpaired) electrons. The topological polar surface area (TPSA) is 111 Å². The average molecular weight is 631 g/mol. The number of benzene rings is 1. The largest absolute Gasteiger partial charge is 0.397 e. The zero-order chi connectivity index (χ0) is 31.2. The third kappa shape index (κ3) is 5.32. The van der Waals surface area contributed by atoms with Crippen LogP contribution in [0.1, 0.15) is 32.3 Å². The molecule has 0 aliphatic carbocycles. The van der Waals surface area contributed by atoms with Crippen molar-refractivity contribution in [3.8, 4) is 17.3 Å². The van der Waals surface area contributed by atoms with Crippen molar-refractivity contribution >= 4 is 51.5 Å². The van der Waals surface area contributed by atoms with Crippen molar-refractivity contribution in [3.05, 3.63) is 62.4 Å². The summed E-state index contributed by atoms with van der Waals surface area (Å²) < 4.78 is 32.7. The molecule has 3 aromatic rings. The van der Waals surface area contributed by atoms with Crippen LogP contribution in [0.3, 0.4) is 0 Å². The lowest BCUT2D eigenvalue weighted by molar-refractivity contribution is -0.128. The molecule has 2 aliphatic heterocycles. The molecule has 0 spiro atoms. The molecule has 2 atom stereocenters. The predicted molar refractivity (Wildman–Crippen MR) is 164 cm³/mol. The van der Waals surface area contributed by atoms with Crippen molar-refractivity contribution in [1.29, 1.82) is 5.26 Å². The SMILES string of the molecule is C=CC(=O)N1CCN(c2c(C#N)c(=O)n(CC3CCCN3CC)c3nc(-c4c(N)c(Cl)cc(Cl)c4F)c(F)cc23)CC1C. The number of hydrogen-bond donors (Lipinski definition) is 1. The monoisotopic (exact) mass is 629 g/mol. The van der Waals surface area contributed by atoms with Gasteiger partial charge in [-0.25, -0.2) is 13.8 Å². The first kappa shape index (κ1) is 30.7. The normalized spacial score (nSPS) is 19.2. The number of nitrogens with zero attached hydrogens (tertiary/aromatic N) is 6. The van der Waals surface area contributed by atoms with Crippen LogP contribution in [0.15, 0.2) is 29.6 Å². The molecule has 0 saturated carbocycles. The van der Waals surface area contributed by atoms with Gasteiger partial charge in [-0.1, -0.05) is 36.7 Å². The minimum Gasteiger partial charge on any atom is -0.397 e. The van der Waals surface area contributed by atoms with Crippen LogP contribution in [0.4, 0.5) is 20.2 Å². The Bertz CT molecular complexity index is 1710. The van der Waals surface area contributed by atoms with Crippen molar-refractivity contribution < 1.29 is 13.6 Å². The van der Waals surface area contributed by atoms with Gasteiger partial charge in [0.1, 0.15) is 23.0 Å². The fourth-order valence-electron chi connectivity index (χ4n) is 6.28. The Morgan fingerprint density at radius 1 is 1.26 bits per heavy atom. The summed E-state index contributed by atoms with van der Waals surface area (Å²) in [5.41, 5.74) is 4.51. The summed E-state index contributed by atoms with van der Waals surface area (Å²) >= 11 is 12.2. The third-order valence-electron chi connectivity index (χ3n) is 8.42. The van der Waals surface area contributed by atoms with Crippen molar-refractivity contribution in [1.82, 2.24) is 19.4 Å². The molecule has 1 amide bonds. The van der Waals surface area contributed by atoms with E-state index < -0.39 is 28.5 Å². The molecule has 4 heterocycles. The van der Waals surface area contributed by atoms with Gasteiger partial charge in [0.15, 0.2) is 11.6 Å². The summed E-state index contributed by atoms with van der Waals surface area (Å²) in [6.45, 7) is 10.1. The number of amides is 1. The number of aromatic nitrogens is 2. The Kier molecular flexibility index (Phi) is 8.65. The molecule has 13 heteroatoms. The van der Waals surface area contributed by atoms with E-state index in [0.717, 1.165) is 38.1 Å². The standard InChI is InChI=1S/C30H31Cl2F2N7O2/c1-4-23(42)40-10-9-39(14-16(40)3)28-18-11-22(33)27(24-25(34)20(31)12-21(32)26(24)36)37-29(18)41(30(43)19(28)13-35)15-17-7-6-8-38(17)5-2/h4,11-12,16-17H,1,5-10,14-15,36H2,2-3H3. The number of rotatable bonds is 6. The number of pyridine rings is 2. The highest BCUT2D eigenvalue weighted by molar-refractivity contribution is 6.37. The number of carbonyl (C=O) groups is 1. The average Bonchev–Trinajstić information content (AvgIpc) is 3.44. The second-order valence-corrected chi connectivity index (χ2v) is 11.7. The van der Waals surface area contributed by atoms with Crippen molar-refractivity contribution in [2.24, 2.45) is 0 Å². The lowest BCUT2D eigenvalue weighted by Crippen LogP contribution is -2.54. The Labute approximate surface area is 257 Å². The zero-order valence-electron chi connectivity index (χ0n) is 23.8. The number of nitriles is 1. The number of likely N-dealkylation sites (N-methyl/N-ethyl adjacent to an activating group) is 1. The van der Waals surface area contributed by atoms with E-state index in [4.69, 9.17) is 28.9 Å². The third-order valence-corrected chi connectivity index (χ3v) is 9.01. The number of hydrogen-bond acceptors (Lipinski definition) is 7. The maximum atomic E-state index is 16.0. The van der Waals surface area contributed by atoms with Crippen LogP contribution in [0.2, 0.25) is 10.0 Å². The molecule has 2 fully saturated rings. The lowest BCUT2D eigenvalue weighted by atomic mass is 10.0. The van der Waals surface area contributed by atoms with Gasteiger partial charge in [0.05, 0.1) is 27.0 Å². The van der Waals surface area contributed by atoms with E-state index in [9.17, 15) is 14.9 Å². The van der Waals surface area contributed by atoms with Gasteiger partial charge in [-0.15, -0.1) is 0 Å². The maximum Gasteiger partial charge on any atom is 0.272 e. The van der Waals surface area contributed by atoms with Crippen molar-refractivity contribution in [2.45, 2.75) is 45.3 Å². The minimum absolute atomic E-state index is 0.0190. The summed E-state index contributed by atoms with van der Waals surface area (Å²) in [5.74, 6) is -2.17. The first-order valence-corrected chi connectivity index (χ1v) is 14.8. The highest BCUT2D eigenvalue weighted by atomic mass is 35.5. The second kappa shape index (κ2) is 12.1. The fourth-order valence-corrected chi connectivity index (χ4v) is 6.74. The Morgan fingerprint density at radius 3 is 2.65 bits per heavy atom. The number of nitrogens with two attached hydrogens (primary N) is 1. The molecule has 2 aliphatic rings. The smallest absolute Gasteiger partial charge is 0.272 e. The van der Waals surface area contributed by atoms with E-state index in [-0.39, 0.29) is 75.6 Å². The van der Waals surface area contributed by atoms with Gasteiger partial charge in [0, 0.05) is 43.6 Å². The zero-order valence-corrected chi connectivity index (χ0v) is 25.4. The quantitative estimate of drug-likeness (QED) is 0.237. The number of carbonyl (C=O) groups excluding carboxylic acids is 1. The van der Waals surface area contributed by atoms with Gasteiger partial charge in [0.25, 0.3) is 5.56 Å².